The van der Waals surface area contributed by atoms with Gasteiger partial charge in [-0.3, -0.25) is 14.6 Å². The van der Waals surface area contributed by atoms with Crippen LogP contribution < -0.4 is 5.32 Å². The van der Waals surface area contributed by atoms with Crippen LogP contribution >= 0.6 is 11.8 Å². The first-order valence-corrected chi connectivity index (χ1v) is 11.0. The monoisotopic (exact) mass is 417 g/mol. The van der Waals surface area contributed by atoms with E-state index in [9.17, 15) is 9.59 Å². The quantitative estimate of drug-likeness (QED) is 0.564. The van der Waals surface area contributed by atoms with Gasteiger partial charge < -0.3 is 10.2 Å². The Hall–Kier alpha value is -3.12. The fourth-order valence-corrected chi connectivity index (χ4v) is 4.22. The first-order chi connectivity index (χ1) is 14.7. The number of nitrogens with zero attached hydrogens (tertiary/aromatic N) is 2. The maximum absolute atomic E-state index is 12.7. The van der Waals surface area contributed by atoms with Gasteiger partial charge >= 0.3 is 0 Å². The molecule has 1 aliphatic rings. The van der Waals surface area contributed by atoms with Gasteiger partial charge in [0.05, 0.1) is 0 Å². The number of hydrogen-bond acceptors (Lipinski definition) is 4. The summed E-state index contributed by atoms with van der Waals surface area (Å²) in [6.07, 6.45) is 5.18. The second kappa shape index (κ2) is 9.59. The van der Waals surface area contributed by atoms with Crippen LogP contribution in [0, 0.1) is 0 Å². The van der Waals surface area contributed by atoms with E-state index in [0.29, 0.717) is 18.5 Å². The molecule has 1 aliphatic heterocycles. The number of benzene rings is 2. The van der Waals surface area contributed by atoms with E-state index in [1.54, 1.807) is 24.0 Å². The highest BCUT2D eigenvalue weighted by Gasteiger charge is 2.20. The molecule has 2 heterocycles. The highest BCUT2D eigenvalue weighted by Crippen LogP contribution is 2.24. The normalized spacial score (nSPS) is 13.5. The first kappa shape index (κ1) is 20.2. The van der Waals surface area contributed by atoms with Crippen LogP contribution in [-0.2, 0) is 17.1 Å². The average Bonchev–Trinajstić information content (AvgIpc) is 3.18. The van der Waals surface area contributed by atoms with Crippen molar-refractivity contribution in [2.24, 2.45) is 0 Å². The summed E-state index contributed by atoms with van der Waals surface area (Å²) in [5.74, 6) is 0.887. The Labute approximate surface area is 180 Å². The summed E-state index contributed by atoms with van der Waals surface area (Å²) in [7, 11) is 0. The summed E-state index contributed by atoms with van der Waals surface area (Å²) < 4.78 is 0. The molecule has 0 spiro atoms. The van der Waals surface area contributed by atoms with Crippen molar-refractivity contribution in [2.45, 2.75) is 30.0 Å². The molecular weight excluding hydrogens is 394 g/mol. The number of rotatable bonds is 7. The second-order valence-electron chi connectivity index (χ2n) is 7.25. The minimum atomic E-state index is -0.152. The van der Waals surface area contributed by atoms with Gasteiger partial charge in [-0.1, -0.05) is 18.2 Å². The van der Waals surface area contributed by atoms with Crippen molar-refractivity contribution >= 4 is 29.3 Å². The molecule has 0 radical (unpaired) electrons. The van der Waals surface area contributed by atoms with E-state index in [0.717, 1.165) is 34.9 Å². The maximum atomic E-state index is 12.7. The third-order valence-electron chi connectivity index (χ3n) is 4.97. The van der Waals surface area contributed by atoms with E-state index in [2.05, 4.69) is 16.4 Å². The van der Waals surface area contributed by atoms with E-state index >= 15 is 0 Å². The summed E-state index contributed by atoms with van der Waals surface area (Å²) in [5, 5.41) is 2.95. The third kappa shape index (κ3) is 5.27. The van der Waals surface area contributed by atoms with E-state index in [-0.39, 0.29) is 11.8 Å². The minimum Gasteiger partial charge on any atom is -0.338 e. The van der Waals surface area contributed by atoms with Crippen LogP contribution in [0.5, 0.6) is 0 Å². The number of anilines is 1. The smallest absolute Gasteiger partial charge is 0.255 e. The van der Waals surface area contributed by atoms with E-state index in [1.807, 2.05) is 59.6 Å². The molecule has 152 valence electrons. The number of carbonyl (C=O) groups excluding carboxylic acids is 2. The van der Waals surface area contributed by atoms with Crippen molar-refractivity contribution in [2.75, 3.05) is 11.9 Å². The molecule has 2 aromatic carbocycles. The molecule has 6 heteroatoms. The van der Waals surface area contributed by atoms with Gasteiger partial charge in [0.2, 0.25) is 5.91 Å². The van der Waals surface area contributed by atoms with E-state index < -0.39 is 0 Å². The molecule has 1 aromatic heterocycles. The lowest BCUT2D eigenvalue weighted by molar-refractivity contribution is -0.128. The minimum absolute atomic E-state index is 0.152. The maximum Gasteiger partial charge on any atom is 0.255 e. The standard InChI is InChI=1S/C24H23N3O2S/c28-23-7-3-13-27(23)16-18-4-1-6-20(14-18)24(29)26-21-8-10-22(11-9-21)30-17-19-5-2-12-25-15-19/h1-2,4-6,8-12,14-15H,3,7,13,16-17H2,(H,26,29). The van der Waals surface area contributed by atoms with Crippen molar-refractivity contribution < 1.29 is 9.59 Å². The van der Waals surface area contributed by atoms with Crippen LogP contribution in [0.2, 0.25) is 0 Å². The van der Waals surface area contributed by atoms with Gasteiger partial charge in [0.15, 0.2) is 0 Å². The Morgan fingerprint density at radius 1 is 1.07 bits per heavy atom. The van der Waals surface area contributed by atoms with Crippen molar-refractivity contribution in [3.63, 3.8) is 0 Å². The van der Waals surface area contributed by atoms with Crippen LogP contribution in [0.3, 0.4) is 0 Å². The zero-order valence-electron chi connectivity index (χ0n) is 16.6. The molecule has 5 nitrogen and oxygen atoms in total. The second-order valence-corrected chi connectivity index (χ2v) is 8.30. The lowest BCUT2D eigenvalue weighted by Crippen LogP contribution is -2.24. The number of pyridine rings is 1. The SMILES string of the molecule is O=C(Nc1ccc(SCc2cccnc2)cc1)c1cccc(CN2CCCC2=O)c1. The van der Waals surface area contributed by atoms with Crippen LogP contribution in [0.25, 0.3) is 0 Å². The van der Waals surface area contributed by atoms with Gasteiger partial charge in [0.25, 0.3) is 5.91 Å². The number of nitrogens with one attached hydrogen (secondary N) is 1. The van der Waals surface area contributed by atoms with Gasteiger partial charge in [-0.15, -0.1) is 11.8 Å². The molecule has 1 fully saturated rings. The Morgan fingerprint density at radius 3 is 2.63 bits per heavy atom. The van der Waals surface area contributed by atoms with E-state index in [1.165, 1.54) is 5.56 Å². The molecule has 4 rings (SSSR count). The highest BCUT2D eigenvalue weighted by atomic mass is 32.2. The highest BCUT2D eigenvalue weighted by molar-refractivity contribution is 7.98. The molecule has 0 aliphatic carbocycles. The molecular formula is C24H23N3O2S. The number of carbonyl (C=O) groups is 2. The fraction of sp³-hybridized carbons (Fsp3) is 0.208. The molecule has 0 unspecified atom stereocenters. The lowest BCUT2D eigenvalue weighted by Gasteiger charge is -2.16. The van der Waals surface area contributed by atoms with Gasteiger partial charge in [-0.05, 0) is 60.0 Å². The molecule has 0 bridgehead atoms. The Morgan fingerprint density at radius 2 is 1.90 bits per heavy atom. The van der Waals surface area contributed by atoms with Crippen molar-refractivity contribution in [3.05, 3.63) is 89.7 Å². The number of thioether (sulfide) groups is 1. The lowest BCUT2D eigenvalue weighted by atomic mass is 10.1. The molecule has 1 saturated heterocycles. The Kier molecular flexibility index (Phi) is 6.44. The third-order valence-corrected chi connectivity index (χ3v) is 6.06. The Balaban J connectivity index is 1.34. The zero-order chi connectivity index (χ0) is 20.8. The van der Waals surface area contributed by atoms with Crippen LogP contribution in [0.15, 0.2) is 78.0 Å². The van der Waals surface area contributed by atoms with Crippen molar-refractivity contribution in [3.8, 4) is 0 Å². The van der Waals surface area contributed by atoms with Gasteiger partial charge in [0.1, 0.15) is 0 Å². The number of hydrogen-bond donors (Lipinski definition) is 1. The van der Waals surface area contributed by atoms with Gasteiger partial charge in [-0.2, -0.15) is 0 Å². The van der Waals surface area contributed by atoms with Crippen LogP contribution in [-0.4, -0.2) is 28.2 Å². The topological polar surface area (TPSA) is 62.3 Å². The number of likely N-dealkylation sites (tertiary alicyclic amines) is 1. The van der Waals surface area contributed by atoms with Crippen molar-refractivity contribution in [1.82, 2.24) is 9.88 Å². The van der Waals surface area contributed by atoms with Gasteiger partial charge in [0, 0.05) is 53.8 Å². The van der Waals surface area contributed by atoms with E-state index in [4.69, 9.17) is 0 Å². The largest absolute Gasteiger partial charge is 0.338 e. The molecule has 0 atom stereocenters. The molecule has 1 N–H and O–H groups in total. The molecule has 3 aromatic rings. The molecule has 2 amide bonds. The summed E-state index contributed by atoms with van der Waals surface area (Å²) in [5.41, 5.74) is 3.50. The summed E-state index contributed by atoms with van der Waals surface area (Å²) in [6, 6.07) is 19.3. The number of amides is 2. The van der Waals surface area contributed by atoms with Gasteiger partial charge in [-0.25, -0.2) is 0 Å². The molecule has 0 saturated carbocycles. The summed E-state index contributed by atoms with van der Waals surface area (Å²) in [4.78, 5) is 31.6. The Bertz CT molecular complexity index is 1020. The first-order valence-electron chi connectivity index (χ1n) is 9.97. The molecule has 30 heavy (non-hydrogen) atoms. The van der Waals surface area contributed by atoms with Crippen LogP contribution in [0.1, 0.15) is 34.3 Å². The average molecular weight is 418 g/mol. The fourth-order valence-electron chi connectivity index (χ4n) is 3.39. The summed E-state index contributed by atoms with van der Waals surface area (Å²) in [6.45, 7) is 1.35. The predicted molar refractivity (Wildman–Crippen MR) is 119 cm³/mol. The summed E-state index contributed by atoms with van der Waals surface area (Å²) >= 11 is 1.73. The van der Waals surface area contributed by atoms with Crippen molar-refractivity contribution in [1.29, 1.82) is 0 Å². The van der Waals surface area contributed by atoms with Crippen LogP contribution in [0.4, 0.5) is 5.69 Å². The zero-order valence-corrected chi connectivity index (χ0v) is 17.4. The number of aromatic nitrogens is 1. The predicted octanol–water partition coefficient (Wildman–Crippen LogP) is 4.75.